The number of benzene rings is 1. The summed E-state index contributed by atoms with van der Waals surface area (Å²) in [7, 11) is 1.66. The highest BCUT2D eigenvalue weighted by molar-refractivity contribution is 5.94. The van der Waals surface area contributed by atoms with Gasteiger partial charge in [0.1, 0.15) is 5.75 Å². The predicted octanol–water partition coefficient (Wildman–Crippen LogP) is 8.42. The van der Waals surface area contributed by atoms with Gasteiger partial charge in [0.15, 0.2) is 0 Å². The van der Waals surface area contributed by atoms with Gasteiger partial charge in [-0.3, -0.25) is 4.79 Å². The number of hydrogen-bond donors (Lipinski definition) is 0. The second-order valence-electron chi connectivity index (χ2n) is 8.97. The molecule has 0 heterocycles. The minimum absolute atomic E-state index is 0.175. The van der Waals surface area contributed by atoms with Gasteiger partial charge in [-0.05, 0) is 37.1 Å². The quantitative estimate of drug-likeness (QED) is 0.194. The maximum absolute atomic E-state index is 13.1. The molecule has 0 saturated carbocycles. The molecule has 0 N–H and O–H groups in total. The van der Waals surface area contributed by atoms with Gasteiger partial charge >= 0.3 is 0 Å². The van der Waals surface area contributed by atoms with Gasteiger partial charge in [-0.25, -0.2) is 0 Å². The lowest BCUT2D eigenvalue weighted by molar-refractivity contribution is 0.0749. The van der Waals surface area contributed by atoms with Gasteiger partial charge in [0.05, 0.1) is 7.11 Å². The first-order chi connectivity index (χ1) is 15.2. The van der Waals surface area contributed by atoms with Crippen LogP contribution in [0, 0.1) is 0 Å². The lowest BCUT2D eigenvalue weighted by Gasteiger charge is -2.23. The number of rotatable bonds is 20. The zero-order valence-electron chi connectivity index (χ0n) is 20.8. The molecule has 3 heteroatoms. The smallest absolute Gasteiger partial charge is 0.253 e. The Morgan fingerprint density at radius 2 is 1.03 bits per heavy atom. The first kappa shape index (κ1) is 27.5. The third-order valence-corrected chi connectivity index (χ3v) is 6.19. The highest BCUT2D eigenvalue weighted by atomic mass is 16.5. The van der Waals surface area contributed by atoms with E-state index in [1.807, 2.05) is 24.3 Å². The fraction of sp³-hybridized carbons (Fsp3) is 0.750. The molecule has 1 amide bonds. The zero-order chi connectivity index (χ0) is 22.6. The number of amides is 1. The fourth-order valence-corrected chi connectivity index (χ4v) is 4.10. The lowest BCUT2D eigenvalue weighted by atomic mass is 10.1. The Hall–Kier alpha value is -1.51. The molecule has 0 bridgehead atoms. The Kier molecular flexibility index (Phi) is 17.0. The van der Waals surface area contributed by atoms with Crippen molar-refractivity contribution in [2.24, 2.45) is 0 Å². The molecule has 0 aliphatic carbocycles. The normalized spacial score (nSPS) is 10.9. The molecule has 0 unspecified atom stereocenters. The average molecular weight is 432 g/mol. The zero-order valence-corrected chi connectivity index (χ0v) is 20.8. The number of methoxy groups -OCH3 is 1. The molecule has 31 heavy (non-hydrogen) atoms. The SMILES string of the molecule is CCCCCCCCCCN(CCCCCCCCCC)C(=O)c1ccc(OC)cc1. The van der Waals surface area contributed by atoms with E-state index < -0.39 is 0 Å². The van der Waals surface area contributed by atoms with Crippen molar-refractivity contribution in [1.29, 1.82) is 0 Å². The number of hydrogen-bond acceptors (Lipinski definition) is 2. The Bertz CT molecular complexity index is 520. The molecule has 0 radical (unpaired) electrons. The molecule has 1 aromatic carbocycles. The predicted molar refractivity (Wildman–Crippen MR) is 134 cm³/mol. The molecule has 1 rings (SSSR count). The van der Waals surface area contributed by atoms with E-state index in [9.17, 15) is 4.79 Å². The summed E-state index contributed by atoms with van der Waals surface area (Å²) in [5.41, 5.74) is 0.778. The van der Waals surface area contributed by atoms with Crippen molar-refractivity contribution < 1.29 is 9.53 Å². The van der Waals surface area contributed by atoms with Gasteiger partial charge in [0, 0.05) is 18.7 Å². The maximum Gasteiger partial charge on any atom is 0.253 e. The second kappa shape index (κ2) is 19.2. The Morgan fingerprint density at radius 3 is 1.42 bits per heavy atom. The minimum atomic E-state index is 0.175. The Balaban J connectivity index is 2.40. The number of nitrogens with zero attached hydrogens (tertiary/aromatic N) is 1. The molecular formula is C28H49NO2. The average Bonchev–Trinajstić information content (AvgIpc) is 2.80. The van der Waals surface area contributed by atoms with E-state index in [0.29, 0.717) is 0 Å². The van der Waals surface area contributed by atoms with E-state index in [-0.39, 0.29) is 5.91 Å². The van der Waals surface area contributed by atoms with Gasteiger partial charge in [-0.1, -0.05) is 104 Å². The monoisotopic (exact) mass is 431 g/mol. The van der Waals surface area contributed by atoms with E-state index in [0.717, 1.165) is 37.2 Å². The van der Waals surface area contributed by atoms with Gasteiger partial charge in [-0.15, -0.1) is 0 Å². The molecule has 0 spiro atoms. The Labute approximate surface area is 192 Å². The molecular weight excluding hydrogens is 382 g/mol. The topological polar surface area (TPSA) is 29.5 Å². The molecule has 0 fully saturated rings. The highest BCUT2D eigenvalue weighted by Crippen LogP contribution is 2.16. The van der Waals surface area contributed by atoms with Gasteiger partial charge in [0.2, 0.25) is 0 Å². The van der Waals surface area contributed by atoms with Crippen LogP contribution in [0.1, 0.15) is 127 Å². The van der Waals surface area contributed by atoms with E-state index >= 15 is 0 Å². The van der Waals surface area contributed by atoms with Gasteiger partial charge in [-0.2, -0.15) is 0 Å². The van der Waals surface area contributed by atoms with Crippen LogP contribution in [0.4, 0.5) is 0 Å². The molecule has 0 saturated heterocycles. The standard InChI is InChI=1S/C28H49NO2/c1-4-6-8-10-12-14-16-18-24-29(25-19-17-15-13-11-9-7-5-2)28(30)26-20-22-27(31-3)23-21-26/h20-23H,4-19,24-25H2,1-3H3. The minimum Gasteiger partial charge on any atom is -0.497 e. The first-order valence-electron chi connectivity index (χ1n) is 13.2. The summed E-state index contributed by atoms with van der Waals surface area (Å²) in [6.07, 6.45) is 20.8. The third kappa shape index (κ3) is 13.5. The van der Waals surface area contributed by atoms with Crippen LogP contribution in [0.15, 0.2) is 24.3 Å². The molecule has 0 atom stereocenters. The molecule has 3 nitrogen and oxygen atoms in total. The van der Waals surface area contributed by atoms with Crippen molar-refractivity contribution in [3.05, 3.63) is 29.8 Å². The van der Waals surface area contributed by atoms with Crippen molar-refractivity contribution in [3.8, 4) is 5.75 Å². The summed E-state index contributed by atoms with van der Waals surface area (Å²) >= 11 is 0. The van der Waals surface area contributed by atoms with Crippen LogP contribution < -0.4 is 4.74 Å². The largest absolute Gasteiger partial charge is 0.497 e. The lowest BCUT2D eigenvalue weighted by Crippen LogP contribution is -2.33. The summed E-state index contributed by atoms with van der Waals surface area (Å²) < 4.78 is 5.24. The van der Waals surface area contributed by atoms with Crippen LogP contribution in [0.25, 0.3) is 0 Å². The summed E-state index contributed by atoms with van der Waals surface area (Å²) in [6.45, 7) is 6.30. The summed E-state index contributed by atoms with van der Waals surface area (Å²) in [5.74, 6) is 0.975. The van der Waals surface area contributed by atoms with Gasteiger partial charge in [0.25, 0.3) is 5.91 Å². The number of carbonyl (C=O) groups is 1. The second-order valence-corrected chi connectivity index (χ2v) is 8.97. The van der Waals surface area contributed by atoms with Gasteiger partial charge < -0.3 is 9.64 Å². The fourth-order valence-electron chi connectivity index (χ4n) is 4.10. The molecule has 0 aliphatic rings. The first-order valence-corrected chi connectivity index (χ1v) is 13.2. The maximum atomic E-state index is 13.1. The van der Waals surface area contributed by atoms with Crippen LogP contribution in [-0.2, 0) is 0 Å². The third-order valence-electron chi connectivity index (χ3n) is 6.19. The molecule has 178 valence electrons. The van der Waals surface area contributed by atoms with Crippen LogP contribution in [0.3, 0.4) is 0 Å². The molecule has 1 aromatic rings. The molecule has 0 aliphatic heterocycles. The van der Waals surface area contributed by atoms with E-state index in [1.165, 1.54) is 89.9 Å². The van der Waals surface area contributed by atoms with Crippen LogP contribution in [0.2, 0.25) is 0 Å². The van der Waals surface area contributed by atoms with Crippen LogP contribution >= 0.6 is 0 Å². The number of carbonyl (C=O) groups excluding carboxylic acids is 1. The summed E-state index contributed by atoms with van der Waals surface area (Å²) in [4.78, 5) is 15.2. The van der Waals surface area contributed by atoms with Crippen molar-refractivity contribution in [2.45, 2.75) is 117 Å². The van der Waals surface area contributed by atoms with E-state index in [2.05, 4.69) is 18.7 Å². The molecule has 0 aromatic heterocycles. The summed E-state index contributed by atoms with van der Waals surface area (Å²) in [6, 6.07) is 7.57. The van der Waals surface area contributed by atoms with Crippen molar-refractivity contribution in [3.63, 3.8) is 0 Å². The van der Waals surface area contributed by atoms with Crippen molar-refractivity contribution in [1.82, 2.24) is 4.90 Å². The van der Waals surface area contributed by atoms with E-state index in [4.69, 9.17) is 4.74 Å². The van der Waals surface area contributed by atoms with E-state index in [1.54, 1.807) is 7.11 Å². The number of ether oxygens (including phenoxy) is 1. The van der Waals surface area contributed by atoms with Crippen molar-refractivity contribution >= 4 is 5.91 Å². The van der Waals surface area contributed by atoms with Crippen molar-refractivity contribution in [2.75, 3.05) is 20.2 Å². The number of unbranched alkanes of at least 4 members (excludes halogenated alkanes) is 14. The van der Waals surface area contributed by atoms with Crippen LogP contribution in [-0.4, -0.2) is 31.0 Å². The summed E-state index contributed by atoms with van der Waals surface area (Å²) in [5, 5.41) is 0. The van der Waals surface area contributed by atoms with Crippen LogP contribution in [0.5, 0.6) is 5.75 Å². The Morgan fingerprint density at radius 1 is 0.645 bits per heavy atom. The highest BCUT2D eigenvalue weighted by Gasteiger charge is 2.15.